The molecule has 3 aromatic rings. The lowest BCUT2D eigenvalue weighted by atomic mass is 10.0. The van der Waals surface area contributed by atoms with E-state index in [2.05, 4.69) is 0 Å². The van der Waals surface area contributed by atoms with Gasteiger partial charge < -0.3 is 9.64 Å². The number of benzene rings is 3. The number of imide groups is 1. The molecule has 2 aliphatic heterocycles. The molecule has 0 unspecified atom stereocenters. The number of anilines is 2. The molecule has 2 aliphatic rings. The molecule has 2 amide bonds. The van der Waals surface area contributed by atoms with E-state index < -0.39 is 17.6 Å². The number of rotatable bonds is 5. The van der Waals surface area contributed by atoms with E-state index in [1.165, 1.54) is 18.2 Å². The molecule has 0 aliphatic carbocycles. The first-order valence-corrected chi connectivity index (χ1v) is 10.9. The fourth-order valence-corrected chi connectivity index (χ4v) is 4.42. The zero-order valence-electron chi connectivity index (χ0n) is 18.4. The average molecular weight is 442 g/mol. The molecule has 6 heteroatoms. The van der Waals surface area contributed by atoms with Crippen LogP contribution in [0.3, 0.4) is 0 Å². The van der Waals surface area contributed by atoms with Gasteiger partial charge in [0.1, 0.15) is 17.3 Å². The molecular weight excluding hydrogens is 419 g/mol. The SMILES string of the molecule is CC(C)Oc1ccc(C2=C(N3CCc4ccccc43)C(=O)N(c3cccc(F)c3)C2=O)cc1. The van der Waals surface area contributed by atoms with E-state index in [0.717, 1.165) is 22.6 Å². The van der Waals surface area contributed by atoms with Gasteiger partial charge in [0.2, 0.25) is 0 Å². The highest BCUT2D eigenvalue weighted by molar-refractivity contribution is 6.46. The minimum atomic E-state index is -0.509. The first-order valence-electron chi connectivity index (χ1n) is 10.9. The fourth-order valence-electron chi connectivity index (χ4n) is 4.42. The Hall–Kier alpha value is -3.93. The third-order valence-corrected chi connectivity index (χ3v) is 5.80. The van der Waals surface area contributed by atoms with Gasteiger partial charge in [-0.25, -0.2) is 9.29 Å². The molecule has 0 fully saturated rings. The Kier molecular flexibility index (Phi) is 5.21. The van der Waals surface area contributed by atoms with Crippen LogP contribution in [0.1, 0.15) is 25.0 Å². The van der Waals surface area contributed by atoms with Crippen LogP contribution < -0.4 is 14.5 Å². The summed E-state index contributed by atoms with van der Waals surface area (Å²) >= 11 is 0. The quantitative estimate of drug-likeness (QED) is 0.524. The van der Waals surface area contributed by atoms with Crippen molar-refractivity contribution < 1.29 is 18.7 Å². The molecule has 2 heterocycles. The molecule has 33 heavy (non-hydrogen) atoms. The summed E-state index contributed by atoms with van der Waals surface area (Å²) in [7, 11) is 0. The molecular formula is C27H23FN2O3. The van der Waals surface area contributed by atoms with E-state index in [1.807, 2.05) is 43.0 Å². The predicted molar refractivity (Wildman–Crippen MR) is 126 cm³/mol. The number of carbonyl (C=O) groups is 2. The lowest BCUT2D eigenvalue weighted by Gasteiger charge is -2.22. The van der Waals surface area contributed by atoms with Crippen molar-refractivity contribution in [3.05, 3.63) is 95.4 Å². The van der Waals surface area contributed by atoms with Gasteiger partial charge in [0, 0.05) is 12.2 Å². The van der Waals surface area contributed by atoms with Gasteiger partial charge in [0.15, 0.2) is 0 Å². The van der Waals surface area contributed by atoms with E-state index in [-0.39, 0.29) is 11.8 Å². The molecule has 0 saturated carbocycles. The van der Waals surface area contributed by atoms with Crippen LogP contribution in [0, 0.1) is 5.82 Å². The van der Waals surface area contributed by atoms with Crippen LogP contribution >= 0.6 is 0 Å². The zero-order valence-corrected chi connectivity index (χ0v) is 18.4. The highest BCUT2D eigenvalue weighted by Gasteiger charge is 2.44. The van der Waals surface area contributed by atoms with Crippen molar-refractivity contribution >= 4 is 28.8 Å². The van der Waals surface area contributed by atoms with E-state index in [4.69, 9.17) is 4.74 Å². The Bertz CT molecular complexity index is 1280. The lowest BCUT2D eigenvalue weighted by Crippen LogP contribution is -2.34. The van der Waals surface area contributed by atoms with Crippen LogP contribution in [-0.2, 0) is 16.0 Å². The summed E-state index contributed by atoms with van der Waals surface area (Å²) in [6.07, 6.45) is 0.792. The number of nitrogens with zero attached hydrogens (tertiary/aromatic N) is 2. The normalized spacial score (nSPS) is 15.6. The molecule has 0 saturated heterocycles. The van der Waals surface area contributed by atoms with Crippen LogP contribution in [0.4, 0.5) is 15.8 Å². The van der Waals surface area contributed by atoms with Gasteiger partial charge in [0.05, 0.1) is 17.4 Å². The van der Waals surface area contributed by atoms with Crippen LogP contribution in [0.5, 0.6) is 5.75 Å². The Morgan fingerprint density at radius 3 is 2.39 bits per heavy atom. The van der Waals surface area contributed by atoms with Crippen molar-refractivity contribution in [3.8, 4) is 5.75 Å². The summed E-state index contributed by atoms with van der Waals surface area (Å²) in [4.78, 5) is 30.3. The van der Waals surface area contributed by atoms with Gasteiger partial charge in [-0.15, -0.1) is 0 Å². The molecule has 0 aromatic heterocycles. The highest BCUT2D eigenvalue weighted by Crippen LogP contribution is 2.40. The van der Waals surface area contributed by atoms with Crippen molar-refractivity contribution in [3.63, 3.8) is 0 Å². The highest BCUT2D eigenvalue weighted by atomic mass is 19.1. The summed E-state index contributed by atoms with van der Waals surface area (Å²) < 4.78 is 19.7. The van der Waals surface area contributed by atoms with E-state index in [9.17, 15) is 14.0 Å². The van der Waals surface area contributed by atoms with Gasteiger partial charge in [0.25, 0.3) is 11.8 Å². The van der Waals surface area contributed by atoms with E-state index >= 15 is 0 Å². The molecule has 5 rings (SSSR count). The van der Waals surface area contributed by atoms with Crippen molar-refractivity contribution in [1.82, 2.24) is 0 Å². The summed E-state index contributed by atoms with van der Waals surface area (Å²) in [5, 5.41) is 0. The van der Waals surface area contributed by atoms with Crippen LogP contribution in [0.25, 0.3) is 5.57 Å². The summed E-state index contributed by atoms with van der Waals surface area (Å²) in [5.74, 6) is -0.756. The number of hydrogen-bond donors (Lipinski definition) is 0. The first kappa shape index (κ1) is 20.9. The summed E-state index contributed by atoms with van der Waals surface area (Å²) in [6, 6.07) is 20.6. The van der Waals surface area contributed by atoms with Crippen molar-refractivity contribution in [2.75, 3.05) is 16.3 Å². The van der Waals surface area contributed by atoms with Gasteiger partial charge >= 0.3 is 0 Å². The third-order valence-electron chi connectivity index (χ3n) is 5.80. The number of amides is 2. The largest absolute Gasteiger partial charge is 0.491 e. The lowest BCUT2D eigenvalue weighted by molar-refractivity contribution is -0.120. The number of ether oxygens (including phenoxy) is 1. The maximum Gasteiger partial charge on any atom is 0.282 e. The van der Waals surface area contributed by atoms with Crippen molar-refractivity contribution in [2.24, 2.45) is 0 Å². The van der Waals surface area contributed by atoms with E-state index in [1.54, 1.807) is 30.3 Å². The molecule has 3 aromatic carbocycles. The Morgan fingerprint density at radius 2 is 1.67 bits per heavy atom. The number of fused-ring (bicyclic) bond motifs is 1. The molecule has 166 valence electrons. The number of para-hydroxylation sites is 1. The average Bonchev–Trinajstić information content (AvgIpc) is 3.32. The van der Waals surface area contributed by atoms with Crippen molar-refractivity contribution in [2.45, 2.75) is 26.4 Å². The summed E-state index contributed by atoms with van der Waals surface area (Å²) in [6.45, 7) is 4.47. The minimum absolute atomic E-state index is 0.0184. The second kappa shape index (κ2) is 8.20. The van der Waals surface area contributed by atoms with Gasteiger partial charge in [-0.05, 0) is 67.8 Å². The molecule has 0 N–H and O–H groups in total. The molecule has 0 radical (unpaired) electrons. The second-order valence-electron chi connectivity index (χ2n) is 8.37. The Morgan fingerprint density at radius 1 is 0.909 bits per heavy atom. The topological polar surface area (TPSA) is 49.9 Å². The fraction of sp³-hybridized carbons (Fsp3) is 0.185. The molecule has 0 atom stereocenters. The Balaban J connectivity index is 1.64. The Labute approximate surface area is 191 Å². The number of carbonyl (C=O) groups excluding carboxylic acids is 2. The monoisotopic (exact) mass is 442 g/mol. The van der Waals surface area contributed by atoms with Crippen LogP contribution in [0.2, 0.25) is 0 Å². The maximum atomic E-state index is 14.0. The maximum absolute atomic E-state index is 14.0. The van der Waals surface area contributed by atoms with Crippen LogP contribution in [0.15, 0.2) is 78.5 Å². The molecule has 0 spiro atoms. The summed E-state index contributed by atoms with van der Waals surface area (Å²) in [5.41, 5.74) is 3.47. The van der Waals surface area contributed by atoms with E-state index in [0.29, 0.717) is 29.1 Å². The van der Waals surface area contributed by atoms with Crippen molar-refractivity contribution in [1.29, 1.82) is 0 Å². The van der Waals surface area contributed by atoms with Crippen LogP contribution in [-0.4, -0.2) is 24.5 Å². The first-order chi connectivity index (χ1) is 15.9. The zero-order chi connectivity index (χ0) is 23.1. The smallest absolute Gasteiger partial charge is 0.282 e. The number of halogens is 1. The number of hydrogen-bond acceptors (Lipinski definition) is 4. The standard InChI is InChI=1S/C27H23FN2O3/c1-17(2)33-22-12-10-19(11-13-22)24-25(29-15-14-18-6-3-4-9-23(18)29)27(32)30(26(24)31)21-8-5-7-20(28)16-21/h3-13,16-17H,14-15H2,1-2H3. The predicted octanol–water partition coefficient (Wildman–Crippen LogP) is 4.96. The minimum Gasteiger partial charge on any atom is -0.491 e. The van der Waals surface area contributed by atoms with Gasteiger partial charge in [-0.1, -0.05) is 36.4 Å². The van der Waals surface area contributed by atoms with Gasteiger partial charge in [-0.2, -0.15) is 0 Å². The second-order valence-corrected chi connectivity index (χ2v) is 8.37. The van der Waals surface area contributed by atoms with Gasteiger partial charge in [-0.3, -0.25) is 9.59 Å². The third kappa shape index (κ3) is 3.67. The molecule has 5 nitrogen and oxygen atoms in total. The molecule has 0 bridgehead atoms.